The third-order valence-electron chi connectivity index (χ3n) is 5.28. The molecule has 1 atom stereocenters. The molecule has 0 aliphatic carbocycles. The average molecular weight is 357 g/mol. The first kappa shape index (κ1) is 16.7. The van der Waals surface area contributed by atoms with Gasteiger partial charge in [-0.15, -0.1) is 0 Å². The molecule has 8 heteroatoms. The molecule has 0 spiro atoms. The quantitative estimate of drug-likeness (QED) is 0.729. The molecule has 4 rings (SSSR count). The van der Waals surface area contributed by atoms with Gasteiger partial charge in [-0.3, -0.25) is 29.4 Å². The van der Waals surface area contributed by atoms with Crippen LogP contribution in [0.2, 0.25) is 0 Å². The molecular weight excluding hydrogens is 338 g/mol. The second-order valence-corrected chi connectivity index (χ2v) is 6.96. The van der Waals surface area contributed by atoms with Crippen LogP contribution in [0.15, 0.2) is 18.2 Å². The van der Waals surface area contributed by atoms with Crippen molar-refractivity contribution in [2.24, 2.45) is 5.92 Å². The zero-order valence-corrected chi connectivity index (χ0v) is 14.1. The number of nitrogens with one attached hydrogen (secondary N) is 1. The molecule has 1 aromatic carbocycles. The largest absolute Gasteiger partial charge is 0.396 e. The van der Waals surface area contributed by atoms with Crippen LogP contribution in [0.25, 0.3) is 0 Å². The van der Waals surface area contributed by atoms with Crippen LogP contribution in [-0.4, -0.2) is 59.4 Å². The molecule has 0 aromatic heterocycles. The van der Waals surface area contributed by atoms with E-state index in [1.165, 1.54) is 0 Å². The molecule has 8 nitrogen and oxygen atoms in total. The molecule has 4 amide bonds. The van der Waals surface area contributed by atoms with Crippen molar-refractivity contribution in [3.8, 4) is 0 Å². The summed E-state index contributed by atoms with van der Waals surface area (Å²) < 4.78 is 0. The fourth-order valence-electron chi connectivity index (χ4n) is 3.80. The molecule has 1 aromatic rings. The first-order chi connectivity index (χ1) is 12.5. The Morgan fingerprint density at radius 3 is 2.50 bits per heavy atom. The summed E-state index contributed by atoms with van der Waals surface area (Å²) in [6, 6.07) is 4.17. The van der Waals surface area contributed by atoms with Gasteiger partial charge >= 0.3 is 0 Å². The van der Waals surface area contributed by atoms with Crippen molar-refractivity contribution in [1.82, 2.24) is 10.2 Å². The van der Waals surface area contributed by atoms with Gasteiger partial charge in [0.1, 0.15) is 6.04 Å². The summed E-state index contributed by atoms with van der Waals surface area (Å²) >= 11 is 0. The minimum Gasteiger partial charge on any atom is -0.396 e. The lowest BCUT2D eigenvalue weighted by Crippen LogP contribution is -2.54. The van der Waals surface area contributed by atoms with Crippen molar-refractivity contribution in [2.45, 2.75) is 25.3 Å². The molecule has 2 saturated heterocycles. The monoisotopic (exact) mass is 357 g/mol. The van der Waals surface area contributed by atoms with E-state index in [0.29, 0.717) is 11.5 Å². The molecule has 0 saturated carbocycles. The lowest BCUT2D eigenvalue weighted by atomic mass is 9.95. The third kappa shape index (κ3) is 2.57. The van der Waals surface area contributed by atoms with Crippen molar-refractivity contribution in [1.29, 1.82) is 0 Å². The molecular formula is C18H19N3O5. The van der Waals surface area contributed by atoms with Gasteiger partial charge in [0, 0.05) is 31.8 Å². The van der Waals surface area contributed by atoms with Crippen molar-refractivity contribution < 1.29 is 24.3 Å². The van der Waals surface area contributed by atoms with E-state index in [4.69, 9.17) is 5.11 Å². The van der Waals surface area contributed by atoms with E-state index in [-0.39, 0.29) is 30.9 Å². The van der Waals surface area contributed by atoms with Crippen molar-refractivity contribution in [3.05, 3.63) is 29.3 Å². The van der Waals surface area contributed by atoms with Crippen LogP contribution in [0.1, 0.15) is 40.0 Å². The highest BCUT2D eigenvalue weighted by Gasteiger charge is 2.44. The Labute approximate surface area is 149 Å². The number of aliphatic hydroxyl groups is 1. The van der Waals surface area contributed by atoms with Gasteiger partial charge in [0.2, 0.25) is 11.8 Å². The standard InChI is InChI=1S/C18H19N3O5/c22-6-5-10-8-20(9-10)11-1-2-12-13(7-11)18(26)21(17(12)25)14-3-4-15(23)19-16(14)24/h1-2,7,10,14,22H,3-6,8-9H2,(H,19,23,24). The molecule has 3 aliphatic heterocycles. The highest BCUT2D eigenvalue weighted by Crippen LogP contribution is 2.33. The molecule has 3 aliphatic rings. The summed E-state index contributed by atoms with van der Waals surface area (Å²) in [5.74, 6) is -1.54. The SMILES string of the molecule is O=C1CCC(N2C(=O)c3ccc(N4CC(CCO)C4)cc3C2=O)C(=O)N1. The second kappa shape index (κ2) is 6.21. The number of amides is 4. The van der Waals surface area contributed by atoms with Gasteiger partial charge < -0.3 is 10.0 Å². The molecule has 26 heavy (non-hydrogen) atoms. The maximum atomic E-state index is 12.8. The maximum Gasteiger partial charge on any atom is 0.262 e. The van der Waals surface area contributed by atoms with E-state index in [9.17, 15) is 19.2 Å². The van der Waals surface area contributed by atoms with Crippen molar-refractivity contribution >= 4 is 29.3 Å². The Balaban J connectivity index is 1.55. The number of carbonyl (C=O) groups excluding carboxylic acids is 4. The zero-order chi connectivity index (χ0) is 18.4. The van der Waals surface area contributed by atoms with Crippen LogP contribution in [0.3, 0.4) is 0 Å². The minimum atomic E-state index is -0.943. The maximum absolute atomic E-state index is 12.8. The number of rotatable bonds is 4. The van der Waals surface area contributed by atoms with Crippen molar-refractivity contribution in [2.75, 3.05) is 24.6 Å². The first-order valence-corrected chi connectivity index (χ1v) is 8.71. The van der Waals surface area contributed by atoms with Gasteiger partial charge in [-0.05, 0) is 37.0 Å². The summed E-state index contributed by atoms with van der Waals surface area (Å²) in [6.07, 6.45) is 1.01. The molecule has 2 N–H and O–H groups in total. The van der Waals surface area contributed by atoms with Gasteiger partial charge in [0.25, 0.3) is 11.8 Å². The van der Waals surface area contributed by atoms with Crippen LogP contribution in [-0.2, 0) is 9.59 Å². The number of fused-ring (bicyclic) bond motifs is 1. The Morgan fingerprint density at radius 1 is 1.08 bits per heavy atom. The van der Waals surface area contributed by atoms with Gasteiger partial charge in [0.05, 0.1) is 11.1 Å². The van der Waals surface area contributed by atoms with Gasteiger partial charge in [-0.25, -0.2) is 0 Å². The second-order valence-electron chi connectivity index (χ2n) is 6.96. The predicted molar refractivity (Wildman–Crippen MR) is 90.5 cm³/mol. The van der Waals surface area contributed by atoms with E-state index in [0.717, 1.165) is 30.1 Å². The summed E-state index contributed by atoms with van der Waals surface area (Å²) in [7, 11) is 0. The first-order valence-electron chi connectivity index (χ1n) is 8.71. The van der Waals surface area contributed by atoms with E-state index in [1.54, 1.807) is 18.2 Å². The van der Waals surface area contributed by atoms with Crippen molar-refractivity contribution in [3.63, 3.8) is 0 Å². The summed E-state index contributed by atoms with van der Waals surface area (Å²) in [4.78, 5) is 51.8. The topological polar surface area (TPSA) is 107 Å². The third-order valence-corrected chi connectivity index (χ3v) is 5.28. The number of aliphatic hydroxyl groups excluding tert-OH is 1. The Morgan fingerprint density at radius 2 is 1.81 bits per heavy atom. The fourth-order valence-corrected chi connectivity index (χ4v) is 3.80. The van der Waals surface area contributed by atoms with E-state index in [2.05, 4.69) is 10.2 Å². The van der Waals surface area contributed by atoms with Crippen LogP contribution in [0, 0.1) is 5.92 Å². The van der Waals surface area contributed by atoms with Crippen LogP contribution < -0.4 is 10.2 Å². The van der Waals surface area contributed by atoms with E-state index in [1.807, 2.05) is 0 Å². The normalized spacial score (nSPS) is 23.2. The predicted octanol–water partition coefficient (Wildman–Crippen LogP) is -0.0936. The molecule has 136 valence electrons. The van der Waals surface area contributed by atoms with Gasteiger partial charge in [0.15, 0.2) is 0 Å². The summed E-state index contributed by atoms with van der Waals surface area (Å²) in [5.41, 5.74) is 1.43. The lowest BCUT2D eigenvalue weighted by Gasteiger charge is -2.41. The Bertz CT molecular complexity index is 815. The molecule has 3 heterocycles. The lowest BCUT2D eigenvalue weighted by molar-refractivity contribution is -0.136. The molecule has 0 bridgehead atoms. The number of carbonyl (C=O) groups is 4. The summed E-state index contributed by atoms with van der Waals surface area (Å²) in [6.45, 7) is 1.77. The highest BCUT2D eigenvalue weighted by molar-refractivity contribution is 6.23. The van der Waals surface area contributed by atoms with E-state index < -0.39 is 23.8 Å². The fraction of sp³-hybridized carbons (Fsp3) is 0.444. The van der Waals surface area contributed by atoms with Gasteiger partial charge in [-0.2, -0.15) is 0 Å². The number of hydrogen-bond donors (Lipinski definition) is 2. The smallest absolute Gasteiger partial charge is 0.262 e. The zero-order valence-electron chi connectivity index (χ0n) is 14.1. The number of hydrogen-bond acceptors (Lipinski definition) is 6. The summed E-state index contributed by atoms with van der Waals surface area (Å²) in [5, 5.41) is 11.2. The molecule has 2 fully saturated rings. The number of nitrogens with zero attached hydrogens (tertiary/aromatic N) is 2. The minimum absolute atomic E-state index is 0.106. The average Bonchev–Trinajstić information content (AvgIpc) is 2.82. The number of anilines is 1. The Kier molecular flexibility index (Phi) is 3.99. The van der Waals surface area contributed by atoms with Gasteiger partial charge in [-0.1, -0.05) is 0 Å². The number of imide groups is 2. The highest BCUT2D eigenvalue weighted by atomic mass is 16.3. The van der Waals surface area contributed by atoms with Crippen LogP contribution in [0.4, 0.5) is 5.69 Å². The molecule has 0 radical (unpaired) electrons. The van der Waals surface area contributed by atoms with Crippen LogP contribution >= 0.6 is 0 Å². The van der Waals surface area contributed by atoms with E-state index >= 15 is 0 Å². The number of piperidine rings is 1. The Hall–Kier alpha value is -2.74. The number of benzene rings is 1. The molecule has 1 unspecified atom stereocenters. The van der Waals surface area contributed by atoms with Crippen LogP contribution in [0.5, 0.6) is 0 Å².